The summed E-state index contributed by atoms with van der Waals surface area (Å²) in [6.07, 6.45) is 0.284. The van der Waals surface area contributed by atoms with Crippen molar-refractivity contribution in [3.8, 4) is 0 Å². The van der Waals surface area contributed by atoms with E-state index >= 15 is 0 Å². The summed E-state index contributed by atoms with van der Waals surface area (Å²) in [4.78, 5) is 111. The Morgan fingerprint density at radius 1 is 0.532 bits per heavy atom. The van der Waals surface area contributed by atoms with E-state index in [9.17, 15) is 38.4 Å². The number of benzene rings is 1. The fourth-order valence-corrected chi connectivity index (χ4v) is 7.36. The van der Waals surface area contributed by atoms with Gasteiger partial charge in [0.25, 0.3) is 11.8 Å². The van der Waals surface area contributed by atoms with Gasteiger partial charge >= 0.3 is 0 Å². The van der Waals surface area contributed by atoms with Gasteiger partial charge in [0, 0.05) is 48.4 Å². The molecule has 2 aliphatic heterocycles. The summed E-state index contributed by atoms with van der Waals surface area (Å²) in [7, 11) is 3.28. The summed E-state index contributed by atoms with van der Waals surface area (Å²) in [5.74, 6) is -3.30. The van der Waals surface area contributed by atoms with Crippen molar-refractivity contribution in [2.45, 2.75) is 156 Å². The zero-order valence-electron chi connectivity index (χ0n) is 39.1. The maximum absolute atomic E-state index is 14.2. The lowest BCUT2D eigenvalue weighted by atomic mass is 9.85. The Hall–Kier alpha value is -5.10. The number of carbonyl (C=O) groups excluding carboxylic acids is 8. The van der Waals surface area contributed by atoms with Gasteiger partial charge in [-0.1, -0.05) is 41.5 Å². The molecule has 2 aliphatic rings. The monoisotopic (exact) mass is 869 g/mol. The average molecular weight is 869 g/mol. The Morgan fingerprint density at radius 2 is 0.839 bits per heavy atom. The number of rotatable bonds is 16. The minimum Gasteiger partial charge on any atom is -0.352 e. The van der Waals surface area contributed by atoms with Gasteiger partial charge in [-0.2, -0.15) is 0 Å². The van der Waals surface area contributed by atoms with Gasteiger partial charge in [-0.25, -0.2) is 0 Å². The molecule has 3 rings (SSSR count). The van der Waals surface area contributed by atoms with Crippen molar-refractivity contribution in [3.05, 3.63) is 35.4 Å². The minimum atomic E-state index is -0.954. The summed E-state index contributed by atoms with van der Waals surface area (Å²) >= 11 is 0. The first-order valence-electron chi connectivity index (χ1n) is 21.6. The molecule has 1 aromatic rings. The summed E-state index contributed by atoms with van der Waals surface area (Å²) in [5, 5.41) is 23.1. The zero-order chi connectivity index (χ0) is 47.0. The minimum absolute atomic E-state index is 0.0281. The first-order valence-corrected chi connectivity index (χ1v) is 21.6. The maximum atomic E-state index is 14.2. The molecule has 1 unspecified atom stereocenters. The zero-order valence-corrected chi connectivity index (χ0v) is 39.1. The van der Waals surface area contributed by atoms with Crippen LogP contribution in [0, 0.1) is 10.8 Å². The predicted octanol–water partition coefficient (Wildman–Crippen LogP) is 0.412. The molecule has 18 heteroatoms. The van der Waals surface area contributed by atoms with E-state index in [-0.39, 0.29) is 72.8 Å². The van der Waals surface area contributed by atoms with Crippen LogP contribution in [-0.2, 0) is 28.8 Å². The highest BCUT2D eigenvalue weighted by Gasteiger charge is 2.47. The van der Waals surface area contributed by atoms with Crippen molar-refractivity contribution in [3.63, 3.8) is 0 Å². The van der Waals surface area contributed by atoms with E-state index in [1.165, 1.54) is 34.1 Å². The Bertz CT molecular complexity index is 1680. The maximum Gasteiger partial charge on any atom is 0.251 e. The number of likely N-dealkylation sites (tertiary alicyclic amines) is 2. The van der Waals surface area contributed by atoms with Crippen LogP contribution in [0.2, 0.25) is 0 Å². The van der Waals surface area contributed by atoms with Gasteiger partial charge in [-0.15, -0.1) is 0 Å². The van der Waals surface area contributed by atoms with E-state index in [1.54, 1.807) is 27.9 Å². The molecule has 8 N–H and O–H groups in total. The molecule has 0 aliphatic carbocycles. The van der Waals surface area contributed by atoms with Crippen LogP contribution in [0.3, 0.4) is 0 Å². The summed E-state index contributed by atoms with van der Waals surface area (Å²) in [6, 6.07) is -0.468. The number of carbonyl (C=O) groups is 8. The molecule has 346 valence electrons. The van der Waals surface area contributed by atoms with Gasteiger partial charge in [0.05, 0.1) is 12.1 Å². The van der Waals surface area contributed by atoms with Crippen LogP contribution >= 0.6 is 0 Å². The van der Waals surface area contributed by atoms with Crippen LogP contribution in [-0.4, -0.2) is 145 Å². The van der Waals surface area contributed by atoms with E-state index in [1.807, 2.05) is 69.2 Å². The van der Waals surface area contributed by atoms with Crippen LogP contribution in [0.4, 0.5) is 0 Å². The topological polar surface area (TPSA) is 239 Å². The molecule has 8 amide bonds. The second kappa shape index (κ2) is 21.3. The SMILES string of the molecule is CN[C@@H](C)C(=O)N[C@H](C(=O)N1C[C@@H](NC(=O)c2ccc(C(=O)N[C@H]3C[C@@H](C(=O)NC(C)C)N(C(=O)[C@@H](NC(=O)[C@H](C)NC)C(C)(C)C)C3)cc2)CC1C(=O)NC(C)C)C(C)(C)C. The fraction of sp³-hybridized carbons (Fsp3) is 0.682. The highest BCUT2D eigenvalue weighted by atomic mass is 16.2. The lowest BCUT2D eigenvalue weighted by Crippen LogP contribution is -2.59. The van der Waals surface area contributed by atoms with E-state index in [0.29, 0.717) is 0 Å². The van der Waals surface area contributed by atoms with Crippen molar-refractivity contribution in [2.24, 2.45) is 10.8 Å². The molecular formula is C44H72N10O8. The van der Waals surface area contributed by atoms with Crippen molar-refractivity contribution in [1.29, 1.82) is 0 Å². The molecule has 0 aromatic heterocycles. The predicted molar refractivity (Wildman–Crippen MR) is 236 cm³/mol. The molecule has 62 heavy (non-hydrogen) atoms. The Balaban J connectivity index is 1.78. The van der Waals surface area contributed by atoms with E-state index in [2.05, 4.69) is 42.5 Å². The third-order valence-electron chi connectivity index (χ3n) is 11.2. The van der Waals surface area contributed by atoms with Crippen LogP contribution in [0.1, 0.15) is 117 Å². The number of nitrogens with zero attached hydrogens (tertiary/aromatic N) is 2. The van der Waals surface area contributed by atoms with Crippen LogP contribution in [0.25, 0.3) is 0 Å². The summed E-state index contributed by atoms with van der Waals surface area (Å²) < 4.78 is 0. The number of hydrogen-bond donors (Lipinski definition) is 8. The number of hydrogen-bond acceptors (Lipinski definition) is 10. The van der Waals surface area contributed by atoms with Gasteiger partial charge in [-0.05, 0) is 104 Å². The summed E-state index contributed by atoms with van der Waals surface area (Å²) in [6.45, 7) is 21.6. The number of amides is 8. The molecule has 2 fully saturated rings. The summed E-state index contributed by atoms with van der Waals surface area (Å²) in [5.41, 5.74) is -0.929. The second-order valence-corrected chi connectivity index (χ2v) is 19.4. The fourth-order valence-electron chi connectivity index (χ4n) is 7.36. The Morgan fingerprint density at radius 3 is 1.10 bits per heavy atom. The molecule has 2 heterocycles. The standard InChI is InChI=1S/C44H72N10O8/c1-23(2)47-39(59)31-19-29(21-53(31)41(61)33(43(7,8)9)51-35(55)25(5)45-13)49-37(57)27-15-17-28(18-16-27)38(58)50-30-20-32(40(60)48-24(3)4)54(22-30)42(62)34(44(10,11)12)52-36(56)26(6)46-14/h15-18,23-26,29-34,45-46H,19-22H2,1-14H3,(H,47,59)(H,48,60)(H,49,57)(H,50,58)(H,51,55)(H,52,56)/t25-,26-,29-,30-,31-,32?,33+,34+/m0/s1. The van der Waals surface area contributed by atoms with Gasteiger partial charge in [0.15, 0.2) is 0 Å². The smallest absolute Gasteiger partial charge is 0.251 e. The Labute approximate surface area is 366 Å². The van der Waals surface area contributed by atoms with Crippen LogP contribution in [0.15, 0.2) is 24.3 Å². The lowest BCUT2D eigenvalue weighted by Gasteiger charge is -2.36. The van der Waals surface area contributed by atoms with E-state index < -0.39 is 82.8 Å². The van der Waals surface area contributed by atoms with E-state index in [4.69, 9.17) is 0 Å². The van der Waals surface area contributed by atoms with Gasteiger partial charge in [-0.3, -0.25) is 38.4 Å². The van der Waals surface area contributed by atoms with Gasteiger partial charge in [0.1, 0.15) is 24.2 Å². The molecular weight excluding hydrogens is 797 g/mol. The Kier molecular flexibility index (Phi) is 17.6. The highest BCUT2D eigenvalue weighted by Crippen LogP contribution is 2.28. The molecule has 0 saturated carbocycles. The van der Waals surface area contributed by atoms with Crippen molar-refractivity contribution < 1.29 is 38.4 Å². The first-order chi connectivity index (χ1) is 28.7. The lowest BCUT2D eigenvalue weighted by molar-refractivity contribution is -0.144. The third-order valence-corrected chi connectivity index (χ3v) is 11.2. The largest absolute Gasteiger partial charge is 0.352 e. The van der Waals surface area contributed by atoms with Crippen molar-refractivity contribution in [1.82, 2.24) is 52.3 Å². The molecule has 1 aromatic carbocycles. The number of likely N-dealkylation sites (N-methyl/N-ethyl adjacent to an activating group) is 2. The van der Waals surface area contributed by atoms with E-state index in [0.717, 1.165) is 0 Å². The second-order valence-electron chi connectivity index (χ2n) is 19.4. The van der Waals surface area contributed by atoms with Crippen LogP contribution in [0.5, 0.6) is 0 Å². The third kappa shape index (κ3) is 13.4. The van der Waals surface area contributed by atoms with Crippen molar-refractivity contribution in [2.75, 3.05) is 27.2 Å². The highest BCUT2D eigenvalue weighted by molar-refractivity contribution is 5.99. The molecule has 18 nitrogen and oxygen atoms in total. The number of nitrogens with one attached hydrogen (secondary N) is 8. The first kappa shape index (κ1) is 51.3. The molecule has 0 bridgehead atoms. The van der Waals surface area contributed by atoms with Gasteiger partial charge in [0.2, 0.25) is 35.4 Å². The van der Waals surface area contributed by atoms with Crippen LogP contribution < -0.4 is 42.5 Å². The average Bonchev–Trinajstić information content (AvgIpc) is 3.81. The molecule has 0 radical (unpaired) electrons. The quantitative estimate of drug-likeness (QED) is 0.114. The normalized spacial score (nSPS) is 21.1. The molecule has 0 spiro atoms. The van der Waals surface area contributed by atoms with Crippen molar-refractivity contribution >= 4 is 47.3 Å². The molecule has 8 atom stereocenters. The van der Waals surface area contributed by atoms with Gasteiger partial charge < -0.3 is 52.3 Å². The molecule has 2 saturated heterocycles.